The van der Waals surface area contributed by atoms with Gasteiger partial charge in [-0.1, -0.05) is 0 Å². The third-order valence-corrected chi connectivity index (χ3v) is 3.78. The Bertz CT molecular complexity index is 982. The molecule has 0 aliphatic carbocycles. The Balaban J connectivity index is 2.06. The summed E-state index contributed by atoms with van der Waals surface area (Å²) in [5.74, 6) is -1.53. The highest BCUT2D eigenvalue weighted by molar-refractivity contribution is 6.00. The average molecular weight is 367 g/mol. The monoisotopic (exact) mass is 367 g/mol. The molecule has 0 aliphatic rings. The van der Waals surface area contributed by atoms with Gasteiger partial charge >= 0.3 is 6.18 Å². The zero-order valence-corrected chi connectivity index (χ0v) is 13.7. The number of aryl methyl sites for hydroxylation is 1. The van der Waals surface area contributed by atoms with Crippen LogP contribution in [0.15, 0.2) is 30.7 Å². The van der Waals surface area contributed by atoms with Gasteiger partial charge in [-0.05, 0) is 26.0 Å². The summed E-state index contributed by atoms with van der Waals surface area (Å²) in [4.78, 5) is 20.2. The van der Waals surface area contributed by atoms with E-state index in [1.165, 1.54) is 16.9 Å². The molecule has 6 nitrogen and oxygen atoms in total. The van der Waals surface area contributed by atoms with Crippen LogP contribution >= 0.6 is 0 Å². The van der Waals surface area contributed by atoms with Crippen molar-refractivity contribution in [3.63, 3.8) is 0 Å². The number of halogens is 4. The molecule has 0 fully saturated rings. The molecule has 0 saturated carbocycles. The van der Waals surface area contributed by atoms with Gasteiger partial charge in [-0.15, -0.1) is 0 Å². The summed E-state index contributed by atoms with van der Waals surface area (Å²) in [5.41, 5.74) is 0.704. The fourth-order valence-electron chi connectivity index (χ4n) is 2.33. The lowest BCUT2D eigenvalue weighted by Crippen LogP contribution is -2.43. The predicted octanol–water partition coefficient (Wildman–Crippen LogP) is 2.92. The van der Waals surface area contributed by atoms with Crippen LogP contribution in [0.3, 0.4) is 0 Å². The van der Waals surface area contributed by atoms with E-state index in [4.69, 9.17) is 0 Å². The van der Waals surface area contributed by atoms with E-state index < -0.39 is 23.9 Å². The maximum absolute atomic E-state index is 14.0. The van der Waals surface area contributed by atoms with Crippen molar-refractivity contribution in [2.75, 3.05) is 0 Å². The highest BCUT2D eigenvalue weighted by Gasteiger charge is 2.37. The number of nitrogens with zero attached hydrogens (tertiary/aromatic N) is 4. The van der Waals surface area contributed by atoms with E-state index in [0.717, 1.165) is 19.2 Å². The molecular weight excluding hydrogens is 354 g/mol. The Labute approximate surface area is 144 Å². The molecule has 3 aromatic heterocycles. The quantitative estimate of drug-likeness (QED) is 0.723. The lowest BCUT2D eigenvalue weighted by atomic mass is 10.1. The second-order valence-electron chi connectivity index (χ2n) is 5.67. The minimum atomic E-state index is -4.58. The first kappa shape index (κ1) is 17.8. The number of fused-ring (bicyclic) bond motifs is 1. The molecule has 0 spiro atoms. The molecule has 136 valence electrons. The topological polar surface area (TPSA) is 72.2 Å². The van der Waals surface area contributed by atoms with Crippen LogP contribution in [0.4, 0.5) is 17.6 Å². The summed E-state index contributed by atoms with van der Waals surface area (Å²) in [5, 5.41) is 5.83. The number of pyridine rings is 1. The molecule has 26 heavy (non-hydrogen) atoms. The number of rotatable bonds is 3. The van der Waals surface area contributed by atoms with E-state index in [1.807, 2.05) is 5.32 Å². The molecule has 0 saturated heterocycles. The van der Waals surface area contributed by atoms with Crippen molar-refractivity contribution in [2.24, 2.45) is 0 Å². The van der Waals surface area contributed by atoms with Crippen molar-refractivity contribution in [3.05, 3.63) is 47.8 Å². The third-order valence-electron chi connectivity index (χ3n) is 3.78. The van der Waals surface area contributed by atoms with E-state index in [1.54, 1.807) is 13.0 Å². The molecule has 1 unspecified atom stereocenters. The minimum Gasteiger partial charge on any atom is -0.340 e. The summed E-state index contributed by atoms with van der Waals surface area (Å²) in [6, 6.07) is 0.663. The summed E-state index contributed by atoms with van der Waals surface area (Å²) in [6.07, 6.45) is -0.904. The third kappa shape index (κ3) is 3.22. The smallest absolute Gasteiger partial charge is 0.340 e. The highest BCUT2D eigenvalue weighted by Crippen LogP contribution is 2.24. The minimum absolute atomic E-state index is 0.0233. The number of amides is 1. The molecular formula is C16H13F4N5O. The number of hydrogen-bond donors (Lipinski definition) is 1. The zero-order valence-electron chi connectivity index (χ0n) is 13.7. The largest absolute Gasteiger partial charge is 0.408 e. The molecule has 1 amide bonds. The van der Waals surface area contributed by atoms with Crippen LogP contribution < -0.4 is 5.32 Å². The van der Waals surface area contributed by atoms with E-state index in [2.05, 4.69) is 15.1 Å². The van der Waals surface area contributed by atoms with Crippen molar-refractivity contribution < 1.29 is 22.4 Å². The summed E-state index contributed by atoms with van der Waals surface area (Å²) in [7, 11) is 0. The number of carbonyl (C=O) groups is 1. The van der Waals surface area contributed by atoms with Gasteiger partial charge in [0.05, 0.1) is 17.5 Å². The van der Waals surface area contributed by atoms with Crippen LogP contribution in [0.25, 0.3) is 16.9 Å². The molecule has 0 aromatic carbocycles. The second kappa shape index (κ2) is 6.36. The van der Waals surface area contributed by atoms with E-state index in [-0.39, 0.29) is 22.5 Å². The van der Waals surface area contributed by atoms with Gasteiger partial charge in [0.15, 0.2) is 5.65 Å². The normalized spacial score (nSPS) is 13.0. The fraction of sp³-hybridized carbons (Fsp3) is 0.250. The van der Waals surface area contributed by atoms with Gasteiger partial charge in [-0.25, -0.2) is 13.9 Å². The Hall–Kier alpha value is -3.04. The maximum atomic E-state index is 14.0. The van der Waals surface area contributed by atoms with Crippen LogP contribution in [0.2, 0.25) is 0 Å². The van der Waals surface area contributed by atoms with Gasteiger partial charge < -0.3 is 5.32 Å². The summed E-state index contributed by atoms with van der Waals surface area (Å²) >= 11 is 0. The zero-order chi connectivity index (χ0) is 19.1. The van der Waals surface area contributed by atoms with Gasteiger partial charge in [0.25, 0.3) is 5.91 Å². The lowest BCUT2D eigenvalue weighted by molar-refractivity contribution is -0.149. The number of aromatic nitrogens is 4. The number of nitrogens with one attached hydrogen (secondary N) is 1. The Morgan fingerprint density at radius 2 is 2.04 bits per heavy atom. The number of alkyl halides is 3. The SMILES string of the molecule is Cc1cc(-c2cnccc2F)nc2c(C(=O)NC(C)C(F)(F)F)cnn12. The molecule has 0 bridgehead atoms. The molecule has 1 N–H and O–H groups in total. The maximum Gasteiger partial charge on any atom is 0.408 e. The van der Waals surface area contributed by atoms with E-state index >= 15 is 0 Å². The van der Waals surface area contributed by atoms with Gasteiger partial charge in [0.2, 0.25) is 0 Å². The first-order valence-electron chi connectivity index (χ1n) is 7.51. The van der Waals surface area contributed by atoms with Crippen LogP contribution in [-0.2, 0) is 0 Å². The first-order chi connectivity index (χ1) is 12.2. The van der Waals surface area contributed by atoms with Gasteiger partial charge in [0.1, 0.15) is 17.4 Å². The van der Waals surface area contributed by atoms with Crippen LogP contribution in [0.1, 0.15) is 23.0 Å². The van der Waals surface area contributed by atoms with Crippen molar-refractivity contribution >= 4 is 11.6 Å². The molecule has 10 heteroatoms. The molecule has 0 radical (unpaired) electrons. The molecule has 3 rings (SSSR count). The Kier molecular flexibility index (Phi) is 4.34. The Morgan fingerprint density at radius 1 is 1.31 bits per heavy atom. The van der Waals surface area contributed by atoms with Crippen molar-refractivity contribution in [1.29, 1.82) is 0 Å². The molecule has 3 aromatic rings. The predicted molar refractivity (Wildman–Crippen MR) is 83.9 cm³/mol. The standard InChI is InChI=1S/C16H13F4N5O/c1-8-5-13(10-6-21-4-3-12(10)17)24-14-11(7-22-25(8)14)15(26)23-9(2)16(18,19)20/h3-7,9H,1-2H3,(H,23,26). The Morgan fingerprint density at radius 3 is 2.69 bits per heavy atom. The fourth-order valence-corrected chi connectivity index (χ4v) is 2.33. The van der Waals surface area contributed by atoms with E-state index in [0.29, 0.717) is 5.69 Å². The lowest BCUT2D eigenvalue weighted by Gasteiger charge is -2.16. The number of carbonyl (C=O) groups excluding carboxylic acids is 1. The van der Waals surface area contributed by atoms with E-state index in [9.17, 15) is 22.4 Å². The second-order valence-corrected chi connectivity index (χ2v) is 5.67. The number of hydrogen-bond acceptors (Lipinski definition) is 4. The van der Waals surface area contributed by atoms with Crippen LogP contribution in [-0.4, -0.2) is 37.7 Å². The molecule has 3 heterocycles. The summed E-state index contributed by atoms with van der Waals surface area (Å²) < 4.78 is 53.3. The highest BCUT2D eigenvalue weighted by atomic mass is 19.4. The van der Waals surface area contributed by atoms with Crippen LogP contribution in [0.5, 0.6) is 0 Å². The van der Waals surface area contributed by atoms with Crippen molar-refractivity contribution in [3.8, 4) is 11.3 Å². The van der Waals surface area contributed by atoms with Crippen LogP contribution in [0, 0.1) is 12.7 Å². The molecule has 1 atom stereocenters. The van der Waals surface area contributed by atoms with Crippen molar-refractivity contribution in [1.82, 2.24) is 24.9 Å². The first-order valence-corrected chi connectivity index (χ1v) is 7.51. The van der Waals surface area contributed by atoms with Gasteiger partial charge in [-0.2, -0.15) is 18.3 Å². The summed E-state index contributed by atoms with van der Waals surface area (Å²) in [6.45, 7) is 2.48. The van der Waals surface area contributed by atoms with Crippen molar-refractivity contribution in [2.45, 2.75) is 26.1 Å². The molecule has 0 aliphatic heterocycles. The average Bonchev–Trinajstić information content (AvgIpc) is 2.99. The van der Waals surface area contributed by atoms with Gasteiger partial charge in [-0.3, -0.25) is 9.78 Å². The van der Waals surface area contributed by atoms with Gasteiger partial charge in [0, 0.05) is 18.1 Å².